The average Bonchev–Trinajstić information content (AvgIpc) is 2.46. The highest BCUT2D eigenvalue weighted by molar-refractivity contribution is 5.74. The molecule has 2 heteroatoms. The Balaban J connectivity index is 0.00000147. The molecule has 0 aliphatic rings. The second-order valence-electron chi connectivity index (χ2n) is 4.26. The molecule has 1 heterocycles. The van der Waals surface area contributed by atoms with Crippen molar-refractivity contribution in [1.29, 1.82) is 0 Å². The van der Waals surface area contributed by atoms with E-state index in [1.165, 1.54) is 0 Å². The fraction of sp³-hybridized carbons (Fsp3) is 0.111. The fourth-order valence-electron chi connectivity index (χ4n) is 1.86. The number of aryl methyl sites for hydroxylation is 1. The Morgan fingerprint density at radius 3 is 2.05 bits per heavy atom. The van der Waals surface area contributed by atoms with E-state index in [1.54, 1.807) is 0 Å². The molecule has 98 valence electrons. The van der Waals surface area contributed by atoms with E-state index in [4.69, 9.17) is 0 Å². The number of hydrogen-bond acceptors (Lipinski definition) is 2. The fourth-order valence-corrected chi connectivity index (χ4v) is 1.86. The third-order valence-electron chi connectivity index (χ3n) is 2.84. The van der Waals surface area contributed by atoms with E-state index in [-0.39, 0.29) is 7.43 Å². The number of benzene rings is 2. The smallest absolute Gasteiger partial charge is 0.135 e. The topological polar surface area (TPSA) is 25.8 Å². The quantitative estimate of drug-likeness (QED) is 0.571. The van der Waals surface area contributed by atoms with E-state index in [0.29, 0.717) is 0 Å². The lowest BCUT2D eigenvalue weighted by Gasteiger charge is -2.00. The van der Waals surface area contributed by atoms with Crippen LogP contribution in [0, 0.1) is 18.8 Å². The number of nitrogens with zero attached hydrogens (tertiary/aromatic N) is 2. The molecule has 0 aliphatic heterocycles. The van der Waals surface area contributed by atoms with Gasteiger partial charge in [-0.25, -0.2) is 9.97 Å². The van der Waals surface area contributed by atoms with Crippen LogP contribution < -0.4 is 0 Å². The van der Waals surface area contributed by atoms with E-state index < -0.39 is 0 Å². The van der Waals surface area contributed by atoms with Gasteiger partial charge in [0, 0.05) is 5.56 Å². The predicted molar refractivity (Wildman–Crippen MR) is 83.4 cm³/mol. The second kappa shape index (κ2) is 5.99. The lowest BCUT2D eigenvalue weighted by Crippen LogP contribution is -1.94. The molecule has 0 spiro atoms. The van der Waals surface area contributed by atoms with Crippen LogP contribution in [0.15, 0.2) is 54.6 Å². The van der Waals surface area contributed by atoms with Crippen molar-refractivity contribution in [1.82, 2.24) is 9.97 Å². The zero-order valence-corrected chi connectivity index (χ0v) is 10.6. The number of para-hydroxylation sites is 2. The summed E-state index contributed by atoms with van der Waals surface area (Å²) in [5, 5.41) is 0. The van der Waals surface area contributed by atoms with Gasteiger partial charge in [-0.05, 0) is 37.1 Å². The van der Waals surface area contributed by atoms with Crippen molar-refractivity contribution in [2.75, 3.05) is 0 Å². The minimum atomic E-state index is 0. The van der Waals surface area contributed by atoms with Crippen LogP contribution in [-0.2, 0) is 0 Å². The first-order valence-electron chi connectivity index (χ1n) is 6.13. The molecule has 0 fully saturated rings. The SMILES string of the molecule is C.Cc1nc2ccccc2nc1C#Cc1ccccc1. The first-order valence-corrected chi connectivity index (χ1v) is 6.13. The molecule has 1 aromatic heterocycles. The van der Waals surface area contributed by atoms with Crippen molar-refractivity contribution < 1.29 is 0 Å². The van der Waals surface area contributed by atoms with Gasteiger partial charge < -0.3 is 0 Å². The van der Waals surface area contributed by atoms with Crippen molar-refractivity contribution >= 4 is 11.0 Å². The van der Waals surface area contributed by atoms with Gasteiger partial charge in [0.15, 0.2) is 0 Å². The van der Waals surface area contributed by atoms with Gasteiger partial charge in [0.2, 0.25) is 0 Å². The lowest BCUT2D eigenvalue weighted by atomic mass is 10.2. The molecule has 0 atom stereocenters. The van der Waals surface area contributed by atoms with Crippen LogP contribution in [0.2, 0.25) is 0 Å². The summed E-state index contributed by atoms with van der Waals surface area (Å²) in [7, 11) is 0. The van der Waals surface area contributed by atoms with Crippen LogP contribution in [-0.4, -0.2) is 9.97 Å². The van der Waals surface area contributed by atoms with E-state index in [2.05, 4.69) is 21.8 Å². The van der Waals surface area contributed by atoms with E-state index >= 15 is 0 Å². The van der Waals surface area contributed by atoms with Gasteiger partial charge in [-0.3, -0.25) is 0 Å². The molecule has 3 aromatic rings. The predicted octanol–water partition coefficient (Wildman–Crippen LogP) is 3.97. The summed E-state index contributed by atoms with van der Waals surface area (Å²) < 4.78 is 0. The summed E-state index contributed by atoms with van der Waals surface area (Å²) in [6.07, 6.45) is 0. The molecule has 0 aliphatic carbocycles. The first kappa shape index (κ1) is 13.8. The summed E-state index contributed by atoms with van der Waals surface area (Å²) in [5.74, 6) is 6.21. The number of hydrogen-bond donors (Lipinski definition) is 0. The molecule has 0 unspecified atom stereocenters. The third kappa shape index (κ3) is 2.84. The van der Waals surface area contributed by atoms with Crippen molar-refractivity contribution in [3.63, 3.8) is 0 Å². The highest BCUT2D eigenvalue weighted by atomic mass is 14.8. The summed E-state index contributed by atoms with van der Waals surface area (Å²) in [6.45, 7) is 1.94. The zero-order valence-electron chi connectivity index (χ0n) is 10.6. The minimum absolute atomic E-state index is 0. The Kier molecular flexibility index (Phi) is 4.12. The average molecular weight is 260 g/mol. The number of rotatable bonds is 0. The highest BCUT2D eigenvalue weighted by Gasteiger charge is 2.01. The standard InChI is InChI=1S/C17H12N2.CH4/c1-13-15(12-11-14-7-3-2-4-8-14)19-17-10-6-5-9-16(17)18-13;/h2-10H,1H3;1H4. The third-order valence-corrected chi connectivity index (χ3v) is 2.84. The monoisotopic (exact) mass is 260 g/mol. The summed E-state index contributed by atoms with van der Waals surface area (Å²) >= 11 is 0. The molecule has 20 heavy (non-hydrogen) atoms. The Hall–Kier alpha value is -2.66. The summed E-state index contributed by atoms with van der Waals surface area (Å²) in [6, 6.07) is 17.7. The molecule has 2 nitrogen and oxygen atoms in total. The molecule has 0 bridgehead atoms. The molecular formula is C18H16N2. The molecule has 3 rings (SSSR count). The van der Waals surface area contributed by atoms with Crippen LogP contribution in [0.3, 0.4) is 0 Å². The molecule has 0 N–H and O–H groups in total. The van der Waals surface area contributed by atoms with Crippen LogP contribution >= 0.6 is 0 Å². The van der Waals surface area contributed by atoms with E-state index in [0.717, 1.165) is 28.0 Å². The van der Waals surface area contributed by atoms with Crippen molar-refractivity contribution in [2.24, 2.45) is 0 Å². The number of fused-ring (bicyclic) bond motifs is 1. The van der Waals surface area contributed by atoms with Gasteiger partial charge >= 0.3 is 0 Å². The maximum absolute atomic E-state index is 4.55. The molecular weight excluding hydrogens is 244 g/mol. The summed E-state index contributed by atoms with van der Waals surface area (Å²) in [5.41, 5.74) is 4.37. The maximum atomic E-state index is 4.55. The van der Waals surface area contributed by atoms with Crippen molar-refractivity contribution in [2.45, 2.75) is 14.4 Å². The van der Waals surface area contributed by atoms with E-state index in [1.807, 2.05) is 61.5 Å². The minimum Gasteiger partial charge on any atom is -0.249 e. The molecule has 0 saturated heterocycles. The van der Waals surface area contributed by atoms with Crippen LogP contribution in [0.4, 0.5) is 0 Å². The largest absolute Gasteiger partial charge is 0.249 e. The lowest BCUT2D eigenvalue weighted by molar-refractivity contribution is 1.16. The zero-order chi connectivity index (χ0) is 13.1. The van der Waals surface area contributed by atoms with Crippen molar-refractivity contribution in [3.8, 4) is 11.8 Å². The van der Waals surface area contributed by atoms with Gasteiger partial charge in [0.25, 0.3) is 0 Å². The Morgan fingerprint density at radius 2 is 1.35 bits per heavy atom. The second-order valence-corrected chi connectivity index (χ2v) is 4.26. The maximum Gasteiger partial charge on any atom is 0.135 e. The van der Waals surface area contributed by atoms with Gasteiger partial charge in [0.05, 0.1) is 16.7 Å². The van der Waals surface area contributed by atoms with Crippen LogP contribution in [0.5, 0.6) is 0 Å². The normalized spacial score (nSPS) is 9.45. The summed E-state index contributed by atoms with van der Waals surface area (Å²) in [4.78, 5) is 9.08. The first-order chi connectivity index (χ1) is 9.33. The molecule has 0 saturated carbocycles. The number of aromatic nitrogens is 2. The van der Waals surface area contributed by atoms with Crippen LogP contribution in [0.25, 0.3) is 11.0 Å². The molecule has 0 amide bonds. The van der Waals surface area contributed by atoms with E-state index in [9.17, 15) is 0 Å². The van der Waals surface area contributed by atoms with Gasteiger partial charge in [-0.1, -0.05) is 43.7 Å². The molecule has 2 aromatic carbocycles. The molecule has 0 radical (unpaired) electrons. The Morgan fingerprint density at radius 1 is 0.750 bits per heavy atom. The highest BCUT2D eigenvalue weighted by Crippen LogP contribution is 2.11. The van der Waals surface area contributed by atoms with Crippen LogP contribution in [0.1, 0.15) is 24.4 Å². The Labute approximate surface area is 119 Å². The Bertz CT molecular complexity index is 781. The van der Waals surface area contributed by atoms with Gasteiger partial charge in [0.1, 0.15) is 5.69 Å². The van der Waals surface area contributed by atoms with Gasteiger partial charge in [-0.15, -0.1) is 0 Å². The van der Waals surface area contributed by atoms with Crippen molar-refractivity contribution in [3.05, 3.63) is 71.5 Å². The van der Waals surface area contributed by atoms with Gasteiger partial charge in [-0.2, -0.15) is 0 Å².